The second kappa shape index (κ2) is 10.8. The fraction of sp³-hybridized carbons (Fsp3) is 0.379. The highest BCUT2D eigenvalue weighted by atomic mass is 19.1. The van der Waals surface area contributed by atoms with Crippen LogP contribution in [0.15, 0.2) is 48.5 Å². The lowest BCUT2D eigenvalue weighted by Crippen LogP contribution is -2.36. The molecule has 0 saturated carbocycles. The zero-order valence-electron chi connectivity index (χ0n) is 22.0. The van der Waals surface area contributed by atoms with E-state index in [1.54, 1.807) is 33.8 Å². The Morgan fingerprint density at radius 3 is 2.50 bits per heavy atom. The van der Waals surface area contributed by atoms with E-state index in [0.29, 0.717) is 31.8 Å². The molecule has 38 heavy (non-hydrogen) atoms. The Morgan fingerprint density at radius 2 is 1.76 bits per heavy atom. The summed E-state index contributed by atoms with van der Waals surface area (Å²) in [6.07, 6.45) is 2.67. The molecule has 7 nitrogen and oxygen atoms in total. The first-order chi connectivity index (χ1) is 18.4. The number of hydrogen-bond acceptors (Lipinski definition) is 5. The van der Waals surface area contributed by atoms with Crippen molar-refractivity contribution >= 4 is 22.8 Å². The number of carbonyl (C=O) groups is 1. The van der Waals surface area contributed by atoms with E-state index in [1.165, 1.54) is 24.3 Å². The maximum atomic E-state index is 14.3. The van der Waals surface area contributed by atoms with Crippen molar-refractivity contribution in [1.82, 2.24) is 24.6 Å². The van der Waals surface area contributed by atoms with Crippen LogP contribution in [0.5, 0.6) is 0 Å². The van der Waals surface area contributed by atoms with Gasteiger partial charge in [-0.1, -0.05) is 32.4 Å². The van der Waals surface area contributed by atoms with Crippen LogP contribution in [0.4, 0.5) is 14.6 Å². The predicted octanol–water partition coefficient (Wildman–Crippen LogP) is 5.66. The van der Waals surface area contributed by atoms with Gasteiger partial charge in [0.15, 0.2) is 5.65 Å². The topological polar surface area (TPSA) is 67.2 Å². The molecule has 0 N–H and O–H groups in total. The number of aryl methyl sites for hydroxylation is 1. The van der Waals surface area contributed by atoms with Gasteiger partial charge in [0.05, 0.1) is 22.3 Å². The van der Waals surface area contributed by atoms with E-state index in [4.69, 9.17) is 15.1 Å². The van der Waals surface area contributed by atoms with E-state index in [-0.39, 0.29) is 23.2 Å². The third kappa shape index (κ3) is 4.97. The number of hydrogen-bond donors (Lipinski definition) is 0. The van der Waals surface area contributed by atoms with E-state index in [2.05, 4.69) is 18.7 Å². The third-order valence-electron chi connectivity index (χ3n) is 7.12. The molecule has 198 valence electrons. The monoisotopic (exact) mass is 518 g/mol. The van der Waals surface area contributed by atoms with Gasteiger partial charge in [-0.05, 0) is 56.2 Å². The van der Waals surface area contributed by atoms with Crippen LogP contribution in [0.2, 0.25) is 0 Å². The van der Waals surface area contributed by atoms with Gasteiger partial charge in [-0.2, -0.15) is 5.10 Å². The average molecular weight is 519 g/mol. The summed E-state index contributed by atoms with van der Waals surface area (Å²) in [5.41, 5.74) is 2.27. The van der Waals surface area contributed by atoms with Crippen molar-refractivity contribution in [2.45, 2.75) is 46.0 Å². The largest absolute Gasteiger partial charge is 0.354 e. The first-order valence-corrected chi connectivity index (χ1v) is 13.2. The molecule has 0 aliphatic carbocycles. The van der Waals surface area contributed by atoms with Gasteiger partial charge in [-0.25, -0.2) is 23.4 Å². The van der Waals surface area contributed by atoms with E-state index >= 15 is 0 Å². The standard InChI is InChI=1S/C29H32F2N6O/c1-4-8-19(2)26-32-27(25-20(3)34-37(28(25)33-26)22-13-11-21(30)12-14-22)35-15-7-16-36(18-17-35)29(38)23-9-5-6-10-24(23)31/h5-6,9-14,19H,4,7-8,15-18H2,1-3H3. The first-order valence-electron chi connectivity index (χ1n) is 13.2. The van der Waals surface area contributed by atoms with Crippen LogP contribution in [-0.4, -0.2) is 56.7 Å². The van der Waals surface area contributed by atoms with Crippen molar-refractivity contribution in [1.29, 1.82) is 0 Å². The summed E-state index contributed by atoms with van der Waals surface area (Å²) in [7, 11) is 0. The molecule has 1 aliphatic heterocycles. The summed E-state index contributed by atoms with van der Waals surface area (Å²) in [6, 6.07) is 12.3. The minimum absolute atomic E-state index is 0.0949. The molecule has 3 heterocycles. The zero-order valence-corrected chi connectivity index (χ0v) is 22.0. The number of fused-ring (bicyclic) bond motifs is 1. The number of carbonyl (C=O) groups excluding carboxylic acids is 1. The van der Waals surface area contributed by atoms with Crippen molar-refractivity contribution < 1.29 is 13.6 Å². The van der Waals surface area contributed by atoms with E-state index < -0.39 is 5.82 Å². The molecule has 1 amide bonds. The van der Waals surface area contributed by atoms with Gasteiger partial charge in [0.2, 0.25) is 0 Å². The second-order valence-electron chi connectivity index (χ2n) is 9.88. The highest BCUT2D eigenvalue weighted by molar-refractivity contribution is 5.95. The Hall–Kier alpha value is -3.88. The fourth-order valence-electron chi connectivity index (χ4n) is 5.09. The molecular formula is C29H32F2N6O. The second-order valence-corrected chi connectivity index (χ2v) is 9.88. The van der Waals surface area contributed by atoms with Crippen LogP contribution >= 0.6 is 0 Å². The smallest absolute Gasteiger partial charge is 0.256 e. The van der Waals surface area contributed by atoms with E-state index in [0.717, 1.165) is 47.7 Å². The molecule has 1 fully saturated rings. The minimum Gasteiger partial charge on any atom is -0.354 e. The normalized spacial score (nSPS) is 15.1. The van der Waals surface area contributed by atoms with Crippen molar-refractivity contribution in [3.05, 3.63) is 77.2 Å². The van der Waals surface area contributed by atoms with Crippen molar-refractivity contribution in [3.8, 4) is 5.69 Å². The molecule has 1 atom stereocenters. The summed E-state index contributed by atoms with van der Waals surface area (Å²) in [5.74, 6) is 0.560. The van der Waals surface area contributed by atoms with Crippen molar-refractivity contribution in [3.63, 3.8) is 0 Å². The molecule has 1 saturated heterocycles. The average Bonchev–Trinajstić information content (AvgIpc) is 3.08. The van der Waals surface area contributed by atoms with Gasteiger partial charge in [0.1, 0.15) is 23.3 Å². The lowest BCUT2D eigenvalue weighted by Gasteiger charge is -2.24. The number of benzene rings is 2. The molecule has 4 aromatic rings. The predicted molar refractivity (Wildman–Crippen MR) is 144 cm³/mol. The van der Waals surface area contributed by atoms with Crippen LogP contribution in [0.3, 0.4) is 0 Å². The number of aromatic nitrogens is 4. The van der Waals surface area contributed by atoms with Crippen LogP contribution in [-0.2, 0) is 0 Å². The number of halogens is 2. The Labute approximate surface area is 221 Å². The number of anilines is 1. The van der Waals surface area contributed by atoms with Gasteiger partial charge >= 0.3 is 0 Å². The molecule has 2 aromatic carbocycles. The Bertz CT molecular complexity index is 1450. The molecule has 1 unspecified atom stereocenters. The minimum atomic E-state index is -0.505. The Kier molecular flexibility index (Phi) is 7.35. The number of rotatable bonds is 6. The lowest BCUT2D eigenvalue weighted by atomic mass is 10.1. The molecule has 0 bridgehead atoms. The van der Waals surface area contributed by atoms with Gasteiger partial charge in [-0.15, -0.1) is 0 Å². The quantitative estimate of drug-likeness (QED) is 0.330. The lowest BCUT2D eigenvalue weighted by molar-refractivity contribution is 0.0762. The highest BCUT2D eigenvalue weighted by Crippen LogP contribution is 2.32. The van der Waals surface area contributed by atoms with Gasteiger partial charge in [0, 0.05) is 32.1 Å². The summed E-state index contributed by atoms with van der Waals surface area (Å²) >= 11 is 0. The van der Waals surface area contributed by atoms with Crippen LogP contribution in [0.1, 0.15) is 60.9 Å². The molecule has 0 radical (unpaired) electrons. The summed E-state index contributed by atoms with van der Waals surface area (Å²) in [6.45, 7) is 8.41. The Morgan fingerprint density at radius 1 is 1.00 bits per heavy atom. The SMILES string of the molecule is CCCC(C)c1nc(N2CCCN(C(=O)c3ccccc3F)CC2)c2c(C)nn(-c3ccc(F)cc3)c2n1. The number of nitrogens with zero attached hydrogens (tertiary/aromatic N) is 6. The molecule has 9 heteroatoms. The maximum absolute atomic E-state index is 14.3. The van der Waals surface area contributed by atoms with Gasteiger partial charge in [0.25, 0.3) is 5.91 Å². The zero-order chi connectivity index (χ0) is 26.8. The molecular weight excluding hydrogens is 486 g/mol. The fourth-order valence-corrected chi connectivity index (χ4v) is 5.09. The van der Waals surface area contributed by atoms with E-state index in [9.17, 15) is 13.6 Å². The van der Waals surface area contributed by atoms with Crippen LogP contribution in [0.25, 0.3) is 16.7 Å². The molecule has 1 aliphatic rings. The highest BCUT2D eigenvalue weighted by Gasteiger charge is 2.27. The molecule has 5 rings (SSSR count). The van der Waals surface area contributed by atoms with Crippen molar-refractivity contribution in [2.75, 3.05) is 31.1 Å². The number of amides is 1. The Balaban J connectivity index is 1.53. The summed E-state index contributed by atoms with van der Waals surface area (Å²) in [5, 5.41) is 5.61. The summed E-state index contributed by atoms with van der Waals surface area (Å²) in [4.78, 5) is 27.0. The summed E-state index contributed by atoms with van der Waals surface area (Å²) < 4.78 is 29.7. The molecule has 0 spiro atoms. The first kappa shape index (κ1) is 25.8. The van der Waals surface area contributed by atoms with Gasteiger partial charge < -0.3 is 9.80 Å². The van der Waals surface area contributed by atoms with Gasteiger partial charge in [-0.3, -0.25) is 4.79 Å². The van der Waals surface area contributed by atoms with Crippen LogP contribution < -0.4 is 4.90 Å². The maximum Gasteiger partial charge on any atom is 0.256 e. The van der Waals surface area contributed by atoms with Crippen molar-refractivity contribution in [2.24, 2.45) is 0 Å². The third-order valence-corrected chi connectivity index (χ3v) is 7.12. The van der Waals surface area contributed by atoms with E-state index in [1.807, 2.05) is 6.92 Å². The molecule has 2 aromatic heterocycles. The van der Waals surface area contributed by atoms with Crippen LogP contribution in [0, 0.1) is 18.6 Å².